The van der Waals surface area contributed by atoms with E-state index in [0.717, 1.165) is 6.26 Å². The lowest BCUT2D eigenvalue weighted by atomic mass is 10.2. The second kappa shape index (κ2) is 6.22. The van der Waals surface area contributed by atoms with Gasteiger partial charge >= 0.3 is 0 Å². The fourth-order valence-corrected chi connectivity index (χ4v) is 1.90. The first-order valence-corrected chi connectivity index (χ1v) is 7.29. The molecule has 0 aliphatic rings. The van der Waals surface area contributed by atoms with Crippen molar-refractivity contribution in [1.82, 2.24) is 0 Å². The smallest absolute Gasteiger partial charge is 0.242 e. The molecule has 1 unspecified atom stereocenters. The molecular formula is C12H15N3O3S. The number of anilines is 2. The second-order valence-corrected chi connectivity index (χ2v) is 5.67. The van der Waals surface area contributed by atoms with Gasteiger partial charge in [-0.05, 0) is 12.1 Å². The molecule has 0 heterocycles. The van der Waals surface area contributed by atoms with Crippen LogP contribution in [0.25, 0.3) is 0 Å². The fraction of sp³-hybridized carbons (Fsp3) is 0.250. The summed E-state index contributed by atoms with van der Waals surface area (Å²) in [5.41, 5.74) is 6.15. The molecule has 19 heavy (non-hydrogen) atoms. The molecule has 0 bridgehead atoms. The third-order valence-corrected chi connectivity index (χ3v) is 2.75. The third-order valence-electron chi connectivity index (χ3n) is 2.15. The van der Waals surface area contributed by atoms with Crippen molar-refractivity contribution in [3.8, 4) is 12.3 Å². The molecule has 1 aromatic carbocycles. The molecule has 1 atom stereocenters. The van der Waals surface area contributed by atoms with Crippen LogP contribution in [0.15, 0.2) is 24.3 Å². The molecule has 4 N–H and O–H groups in total. The maximum Gasteiger partial charge on any atom is 0.242 e. The van der Waals surface area contributed by atoms with E-state index in [2.05, 4.69) is 16.0 Å². The van der Waals surface area contributed by atoms with Crippen LogP contribution in [0, 0.1) is 12.3 Å². The van der Waals surface area contributed by atoms with Crippen molar-refractivity contribution in [3.63, 3.8) is 0 Å². The highest BCUT2D eigenvalue weighted by Crippen LogP contribution is 2.22. The number of hydrogen-bond donors (Lipinski definition) is 3. The molecule has 0 aliphatic carbocycles. The summed E-state index contributed by atoms with van der Waals surface area (Å²) in [6, 6.07) is 5.56. The Labute approximate surface area is 112 Å². The summed E-state index contributed by atoms with van der Waals surface area (Å²) >= 11 is 0. The number of para-hydroxylation sites is 2. The van der Waals surface area contributed by atoms with Crippen LogP contribution in [-0.4, -0.2) is 26.6 Å². The minimum Gasteiger partial charge on any atom is -0.323 e. The van der Waals surface area contributed by atoms with Crippen LogP contribution in [0.3, 0.4) is 0 Å². The zero-order valence-electron chi connectivity index (χ0n) is 10.4. The predicted octanol–water partition coefficient (Wildman–Crippen LogP) is 0.347. The molecule has 1 rings (SSSR count). The minimum absolute atomic E-state index is 0.105. The minimum atomic E-state index is -3.43. The molecule has 0 fully saturated rings. The van der Waals surface area contributed by atoms with Gasteiger partial charge in [-0.25, -0.2) is 8.42 Å². The summed E-state index contributed by atoms with van der Waals surface area (Å²) in [7, 11) is -3.43. The van der Waals surface area contributed by atoms with Crippen molar-refractivity contribution >= 4 is 27.3 Å². The molecule has 7 heteroatoms. The maximum absolute atomic E-state index is 11.7. The number of rotatable bonds is 5. The highest BCUT2D eigenvalue weighted by molar-refractivity contribution is 7.92. The van der Waals surface area contributed by atoms with Gasteiger partial charge in [-0.1, -0.05) is 12.1 Å². The summed E-state index contributed by atoms with van der Waals surface area (Å²) in [5.74, 6) is 1.82. The quantitative estimate of drug-likeness (QED) is 0.678. The zero-order valence-corrected chi connectivity index (χ0v) is 11.2. The van der Waals surface area contributed by atoms with Gasteiger partial charge in [0, 0.05) is 6.42 Å². The van der Waals surface area contributed by atoms with E-state index in [9.17, 15) is 13.2 Å². The van der Waals surface area contributed by atoms with Crippen molar-refractivity contribution < 1.29 is 13.2 Å². The fourth-order valence-electron chi connectivity index (χ4n) is 1.33. The van der Waals surface area contributed by atoms with Crippen LogP contribution >= 0.6 is 0 Å². The van der Waals surface area contributed by atoms with Gasteiger partial charge in [0.1, 0.15) is 0 Å². The molecule has 1 amide bonds. The summed E-state index contributed by atoms with van der Waals surface area (Å²) in [5, 5.41) is 2.53. The maximum atomic E-state index is 11.7. The molecule has 0 radical (unpaired) electrons. The topological polar surface area (TPSA) is 101 Å². The first-order valence-electron chi connectivity index (χ1n) is 5.40. The highest BCUT2D eigenvalue weighted by Gasteiger charge is 2.14. The Morgan fingerprint density at radius 2 is 2.00 bits per heavy atom. The molecule has 102 valence electrons. The summed E-state index contributed by atoms with van der Waals surface area (Å²) in [6.07, 6.45) is 6.20. The number of hydrogen-bond acceptors (Lipinski definition) is 4. The zero-order chi connectivity index (χ0) is 14.5. The van der Waals surface area contributed by atoms with E-state index in [0.29, 0.717) is 5.69 Å². The van der Waals surface area contributed by atoms with Gasteiger partial charge in [-0.15, -0.1) is 12.3 Å². The molecule has 0 aliphatic heterocycles. The average molecular weight is 281 g/mol. The van der Waals surface area contributed by atoms with Crippen LogP contribution in [-0.2, 0) is 14.8 Å². The van der Waals surface area contributed by atoms with Gasteiger partial charge in [-0.3, -0.25) is 9.52 Å². The van der Waals surface area contributed by atoms with Gasteiger partial charge in [-0.2, -0.15) is 0 Å². The Balaban J connectivity index is 2.90. The standard InChI is InChI=1S/C12H15N3O3S/c1-3-6-9(13)12(16)14-10-7-4-5-8-11(10)15-19(2,17)18/h1,4-5,7-9,15H,6,13H2,2H3,(H,14,16). The number of sulfonamides is 1. The van der Waals surface area contributed by atoms with Crippen LogP contribution in [0.1, 0.15) is 6.42 Å². The first kappa shape index (κ1) is 15.0. The Morgan fingerprint density at radius 3 is 2.53 bits per heavy atom. The Kier molecular flexibility index (Phi) is 4.92. The monoisotopic (exact) mass is 281 g/mol. The van der Waals surface area contributed by atoms with Crippen molar-refractivity contribution in [1.29, 1.82) is 0 Å². The number of nitrogens with two attached hydrogens (primary N) is 1. The second-order valence-electron chi connectivity index (χ2n) is 3.92. The van der Waals surface area contributed by atoms with Crippen molar-refractivity contribution in [2.75, 3.05) is 16.3 Å². The van der Waals surface area contributed by atoms with Crippen molar-refractivity contribution in [2.24, 2.45) is 5.73 Å². The van der Waals surface area contributed by atoms with Gasteiger partial charge < -0.3 is 11.1 Å². The van der Waals surface area contributed by atoms with Gasteiger partial charge in [0.05, 0.1) is 23.7 Å². The number of carbonyl (C=O) groups is 1. The van der Waals surface area contributed by atoms with Crippen molar-refractivity contribution in [3.05, 3.63) is 24.3 Å². The van der Waals surface area contributed by atoms with Crippen LogP contribution in [0.4, 0.5) is 11.4 Å². The van der Waals surface area contributed by atoms with Crippen LogP contribution < -0.4 is 15.8 Å². The van der Waals surface area contributed by atoms with E-state index >= 15 is 0 Å². The van der Waals surface area contributed by atoms with Crippen molar-refractivity contribution in [2.45, 2.75) is 12.5 Å². The van der Waals surface area contributed by atoms with E-state index in [-0.39, 0.29) is 12.1 Å². The predicted molar refractivity (Wildman–Crippen MR) is 75.0 cm³/mol. The van der Waals surface area contributed by atoms with Gasteiger partial charge in [0.15, 0.2) is 0 Å². The van der Waals surface area contributed by atoms with Gasteiger partial charge in [0.25, 0.3) is 0 Å². The summed E-state index contributed by atoms with van der Waals surface area (Å²) in [4.78, 5) is 11.7. The lowest BCUT2D eigenvalue weighted by molar-refractivity contribution is -0.117. The number of amides is 1. The molecule has 1 aromatic rings. The lowest BCUT2D eigenvalue weighted by Crippen LogP contribution is -2.35. The van der Waals surface area contributed by atoms with E-state index in [1.54, 1.807) is 18.2 Å². The number of carbonyl (C=O) groups excluding carboxylic acids is 1. The Hall–Kier alpha value is -2.04. The lowest BCUT2D eigenvalue weighted by Gasteiger charge is -2.13. The summed E-state index contributed by atoms with van der Waals surface area (Å²) in [6.45, 7) is 0. The van der Waals surface area contributed by atoms with Crippen LogP contribution in [0.2, 0.25) is 0 Å². The molecule has 0 spiro atoms. The van der Waals surface area contributed by atoms with Crippen LogP contribution in [0.5, 0.6) is 0 Å². The van der Waals surface area contributed by atoms with E-state index in [4.69, 9.17) is 12.2 Å². The molecule has 0 aromatic heterocycles. The van der Waals surface area contributed by atoms with Gasteiger partial charge in [0.2, 0.25) is 15.9 Å². The highest BCUT2D eigenvalue weighted by atomic mass is 32.2. The van der Waals surface area contributed by atoms with E-state index in [1.165, 1.54) is 6.07 Å². The van der Waals surface area contributed by atoms with E-state index in [1.807, 2.05) is 0 Å². The molecular weight excluding hydrogens is 266 g/mol. The largest absolute Gasteiger partial charge is 0.323 e. The first-order chi connectivity index (χ1) is 8.83. The third kappa shape index (κ3) is 4.99. The number of benzene rings is 1. The Morgan fingerprint density at radius 1 is 1.42 bits per heavy atom. The van der Waals surface area contributed by atoms with E-state index < -0.39 is 22.0 Å². The number of terminal acetylenes is 1. The SMILES string of the molecule is C#CCC(N)C(=O)Nc1ccccc1NS(C)(=O)=O. The average Bonchev–Trinajstić information content (AvgIpc) is 2.30. The normalized spacial score (nSPS) is 12.3. The Bertz CT molecular complexity index is 605. The molecule has 6 nitrogen and oxygen atoms in total. The summed E-state index contributed by atoms with van der Waals surface area (Å²) < 4.78 is 24.7. The number of nitrogens with one attached hydrogen (secondary N) is 2. The molecule has 0 saturated carbocycles. The molecule has 0 saturated heterocycles.